The topological polar surface area (TPSA) is 78.5 Å². The lowest BCUT2D eigenvalue weighted by molar-refractivity contribution is -0.138. The van der Waals surface area contributed by atoms with Crippen molar-refractivity contribution in [1.29, 1.82) is 0 Å². The van der Waals surface area contributed by atoms with Gasteiger partial charge in [-0.2, -0.15) is 5.01 Å². The molecule has 0 radical (unpaired) electrons. The van der Waals surface area contributed by atoms with E-state index in [9.17, 15) is 18.8 Å². The van der Waals surface area contributed by atoms with Crippen molar-refractivity contribution >= 4 is 33.8 Å². The Hall–Kier alpha value is -2.74. The normalized spacial score (nSPS) is 18.9. The van der Waals surface area contributed by atoms with E-state index in [-0.39, 0.29) is 10.9 Å². The first-order valence-corrected chi connectivity index (χ1v) is 9.52. The van der Waals surface area contributed by atoms with Crippen LogP contribution in [0.3, 0.4) is 0 Å². The number of nitrogens with one attached hydrogen (secondary N) is 2. The summed E-state index contributed by atoms with van der Waals surface area (Å²) in [6.07, 6.45) is 0.907. The summed E-state index contributed by atoms with van der Waals surface area (Å²) in [6.45, 7) is 1.64. The second-order valence-electron chi connectivity index (χ2n) is 6.85. The predicted molar refractivity (Wildman–Crippen MR) is 104 cm³/mol. The summed E-state index contributed by atoms with van der Waals surface area (Å²) in [4.78, 5) is 37.2. The Morgan fingerprint density at radius 3 is 2.57 bits per heavy atom. The first kappa shape index (κ1) is 20.0. The number of carbonyl (C=O) groups excluding carboxylic acids is 3. The molecule has 2 aromatic rings. The molecule has 1 aliphatic heterocycles. The van der Waals surface area contributed by atoms with Gasteiger partial charge in [0.1, 0.15) is 11.4 Å². The number of halogens is 2. The van der Waals surface area contributed by atoms with Crippen molar-refractivity contribution in [2.45, 2.75) is 31.7 Å². The molecule has 1 saturated heterocycles. The predicted octanol–water partition coefficient (Wildman–Crippen LogP) is 3.11. The molecule has 1 aliphatic rings. The fourth-order valence-electron chi connectivity index (χ4n) is 2.99. The minimum absolute atomic E-state index is 0.101. The van der Waals surface area contributed by atoms with Crippen LogP contribution < -0.4 is 10.7 Å². The highest BCUT2D eigenvalue weighted by Crippen LogP contribution is 2.22. The van der Waals surface area contributed by atoms with Crippen LogP contribution in [0.5, 0.6) is 0 Å². The van der Waals surface area contributed by atoms with E-state index in [1.807, 2.05) is 30.3 Å². The number of rotatable bonds is 6. The Morgan fingerprint density at radius 2 is 1.89 bits per heavy atom. The second kappa shape index (κ2) is 8.10. The molecule has 2 aromatic carbocycles. The molecular formula is C20H19BrFN3O3. The maximum Gasteiger partial charge on any atom is 0.344 e. The van der Waals surface area contributed by atoms with Crippen molar-refractivity contribution in [3.63, 3.8) is 0 Å². The van der Waals surface area contributed by atoms with Crippen LogP contribution in [-0.4, -0.2) is 28.4 Å². The van der Waals surface area contributed by atoms with Crippen LogP contribution in [0.4, 0.5) is 9.18 Å². The maximum atomic E-state index is 13.3. The number of nitrogens with zero attached hydrogens (tertiary/aromatic N) is 1. The van der Waals surface area contributed by atoms with Crippen molar-refractivity contribution in [3.05, 3.63) is 69.9 Å². The van der Waals surface area contributed by atoms with Crippen molar-refractivity contribution in [2.24, 2.45) is 0 Å². The highest BCUT2D eigenvalue weighted by molar-refractivity contribution is 9.10. The Kier molecular flexibility index (Phi) is 5.79. The van der Waals surface area contributed by atoms with Gasteiger partial charge in [-0.05, 0) is 59.0 Å². The summed E-state index contributed by atoms with van der Waals surface area (Å²) < 4.78 is 13.5. The molecule has 4 amide bonds. The quantitative estimate of drug-likeness (QED) is 0.667. The van der Waals surface area contributed by atoms with E-state index >= 15 is 0 Å². The monoisotopic (exact) mass is 447 g/mol. The van der Waals surface area contributed by atoms with E-state index < -0.39 is 29.2 Å². The molecule has 28 heavy (non-hydrogen) atoms. The lowest BCUT2D eigenvalue weighted by atomic mass is 9.93. The van der Waals surface area contributed by atoms with Gasteiger partial charge in [0.2, 0.25) is 5.91 Å². The van der Waals surface area contributed by atoms with Gasteiger partial charge in [-0.1, -0.05) is 36.4 Å². The number of carbonyl (C=O) groups is 3. The minimum atomic E-state index is -1.10. The van der Waals surface area contributed by atoms with Gasteiger partial charge in [-0.15, -0.1) is 0 Å². The number of imide groups is 1. The zero-order valence-corrected chi connectivity index (χ0v) is 16.8. The second-order valence-corrected chi connectivity index (χ2v) is 7.70. The molecule has 8 heteroatoms. The fraction of sp³-hybridized carbons (Fsp3) is 0.250. The lowest BCUT2D eigenvalue weighted by Gasteiger charge is -2.21. The summed E-state index contributed by atoms with van der Waals surface area (Å²) in [5.41, 5.74) is 2.84. The largest absolute Gasteiger partial charge is 0.344 e. The Morgan fingerprint density at radius 1 is 1.18 bits per heavy atom. The van der Waals surface area contributed by atoms with Gasteiger partial charge in [0.15, 0.2) is 0 Å². The number of hydrogen-bond acceptors (Lipinski definition) is 3. The SMILES string of the molecule is C[C@]1(CCc2ccccc2)NC(=O)N(NC(=O)Cc2ccc(F)c(Br)c2)C1=O. The van der Waals surface area contributed by atoms with Gasteiger partial charge in [0, 0.05) is 0 Å². The summed E-state index contributed by atoms with van der Waals surface area (Å²) in [7, 11) is 0. The zero-order valence-electron chi connectivity index (χ0n) is 15.2. The first-order valence-electron chi connectivity index (χ1n) is 8.72. The van der Waals surface area contributed by atoms with Crippen LogP contribution in [0.15, 0.2) is 53.0 Å². The summed E-state index contributed by atoms with van der Waals surface area (Å²) >= 11 is 3.06. The Balaban J connectivity index is 1.62. The van der Waals surface area contributed by atoms with Gasteiger partial charge in [0.25, 0.3) is 5.91 Å². The van der Waals surface area contributed by atoms with Crippen molar-refractivity contribution in [2.75, 3.05) is 0 Å². The van der Waals surface area contributed by atoms with E-state index in [2.05, 4.69) is 26.7 Å². The molecular weight excluding hydrogens is 429 g/mol. The van der Waals surface area contributed by atoms with Gasteiger partial charge in [-0.3, -0.25) is 15.0 Å². The highest BCUT2D eigenvalue weighted by atomic mass is 79.9. The van der Waals surface area contributed by atoms with Crippen molar-refractivity contribution < 1.29 is 18.8 Å². The molecule has 0 saturated carbocycles. The molecule has 2 N–H and O–H groups in total. The summed E-state index contributed by atoms with van der Waals surface area (Å²) in [5.74, 6) is -1.50. The Bertz CT molecular complexity index is 922. The molecule has 0 aliphatic carbocycles. The van der Waals surface area contributed by atoms with Crippen LogP contribution in [0, 0.1) is 5.82 Å². The third kappa shape index (κ3) is 4.39. The molecule has 0 bridgehead atoms. The van der Waals surface area contributed by atoms with E-state index in [0.717, 1.165) is 5.56 Å². The van der Waals surface area contributed by atoms with Crippen LogP contribution in [0.2, 0.25) is 0 Å². The number of benzene rings is 2. The van der Waals surface area contributed by atoms with E-state index in [4.69, 9.17) is 0 Å². The highest BCUT2D eigenvalue weighted by Gasteiger charge is 2.48. The van der Waals surface area contributed by atoms with E-state index in [0.29, 0.717) is 23.4 Å². The molecule has 3 rings (SSSR count). The molecule has 1 atom stereocenters. The zero-order chi connectivity index (χ0) is 20.3. The van der Waals surface area contributed by atoms with Crippen LogP contribution in [0.1, 0.15) is 24.5 Å². The molecule has 6 nitrogen and oxygen atoms in total. The molecule has 0 spiro atoms. The van der Waals surface area contributed by atoms with Gasteiger partial charge < -0.3 is 5.32 Å². The smallest absolute Gasteiger partial charge is 0.322 e. The van der Waals surface area contributed by atoms with Crippen LogP contribution in [0.25, 0.3) is 0 Å². The van der Waals surface area contributed by atoms with Gasteiger partial charge in [0.05, 0.1) is 10.9 Å². The molecule has 146 valence electrons. The molecule has 1 fully saturated rings. The average Bonchev–Trinajstić information content (AvgIpc) is 2.87. The standard InChI is InChI=1S/C20H19BrFN3O3/c1-20(10-9-13-5-3-2-4-6-13)18(27)25(19(28)23-20)24-17(26)12-14-7-8-16(22)15(21)11-14/h2-8,11H,9-10,12H2,1H3,(H,23,28)(H,24,26)/t20-/m1/s1. The first-order chi connectivity index (χ1) is 13.3. The molecule has 1 heterocycles. The van der Waals surface area contributed by atoms with Crippen LogP contribution >= 0.6 is 15.9 Å². The van der Waals surface area contributed by atoms with Gasteiger partial charge in [-0.25, -0.2) is 9.18 Å². The fourth-order valence-corrected chi connectivity index (χ4v) is 3.42. The van der Waals surface area contributed by atoms with Crippen LogP contribution in [-0.2, 0) is 22.4 Å². The van der Waals surface area contributed by atoms with E-state index in [1.165, 1.54) is 18.2 Å². The van der Waals surface area contributed by atoms with Crippen molar-refractivity contribution in [3.8, 4) is 0 Å². The summed E-state index contributed by atoms with van der Waals surface area (Å²) in [5, 5.41) is 3.37. The maximum absolute atomic E-state index is 13.3. The molecule has 0 unspecified atom stereocenters. The third-order valence-electron chi connectivity index (χ3n) is 4.60. The number of aryl methyl sites for hydroxylation is 1. The number of urea groups is 1. The Labute approximate surface area is 170 Å². The third-order valence-corrected chi connectivity index (χ3v) is 5.21. The van der Waals surface area contributed by atoms with Gasteiger partial charge >= 0.3 is 6.03 Å². The average molecular weight is 448 g/mol. The molecule has 0 aromatic heterocycles. The lowest BCUT2D eigenvalue weighted by Crippen LogP contribution is -2.49. The number of hydrazine groups is 1. The van der Waals surface area contributed by atoms with Crippen molar-refractivity contribution in [1.82, 2.24) is 15.8 Å². The summed E-state index contributed by atoms with van der Waals surface area (Å²) in [6, 6.07) is 13.1. The minimum Gasteiger partial charge on any atom is -0.322 e. The number of hydrogen-bond donors (Lipinski definition) is 2. The van der Waals surface area contributed by atoms with E-state index in [1.54, 1.807) is 6.92 Å². The number of amides is 4.